The van der Waals surface area contributed by atoms with Crippen LogP contribution < -0.4 is 10.3 Å². The van der Waals surface area contributed by atoms with Crippen molar-refractivity contribution in [2.24, 2.45) is 0 Å². The quantitative estimate of drug-likeness (QED) is 0.0551. The van der Waals surface area contributed by atoms with Crippen LogP contribution in [0.3, 0.4) is 0 Å². The van der Waals surface area contributed by atoms with Crippen molar-refractivity contribution in [2.45, 2.75) is 108 Å². The van der Waals surface area contributed by atoms with Crippen LogP contribution >= 0.6 is 7.82 Å². The van der Waals surface area contributed by atoms with Gasteiger partial charge in [0, 0.05) is 0 Å². The normalized spacial score (nSPS) is 22.2. The van der Waals surface area contributed by atoms with Crippen LogP contribution in [0.1, 0.15) is 89.7 Å². The SMILES string of the molecule is CCCCC/C=C\C/C=C\CCCCCCCCOP(=O)(OC[C@H]1O[C@@](C#N)(c2ccc3c(N)ncnn23)[C@H](O)[C@@H]1O)Oc1ccccc1. The number of nitrogens with two attached hydrogens (primary N) is 1. The summed E-state index contributed by atoms with van der Waals surface area (Å²) in [5, 5.41) is 36.3. The number of phosphoric acid groups is 1. The number of hydrogen-bond donors (Lipinski definition) is 3. The van der Waals surface area contributed by atoms with E-state index < -0.39 is 38.3 Å². The first-order valence-electron chi connectivity index (χ1n) is 17.3. The van der Waals surface area contributed by atoms with Gasteiger partial charge < -0.3 is 25.2 Å². The third-order valence-electron chi connectivity index (χ3n) is 8.44. The van der Waals surface area contributed by atoms with Gasteiger partial charge in [-0.15, -0.1) is 0 Å². The smallest absolute Gasteiger partial charge is 0.404 e. The fourth-order valence-electron chi connectivity index (χ4n) is 5.68. The van der Waals surface area contributed by atoms with Gasteiger partial charge in [-0.25, -0.2) is 14.1 Å². The van der Waals surface area contributed by atoms with Crippen molar-refractivity contribution in [3.8, 4) is 11.8 Å². The molecule has 0 spiro atoms. The molecule has 0 bridgehead atoms. The Balaban J connectivity index is 1.24. The number of aliphatic hydroxyl groups excluding tert-OH is 2. The van der Waals surface area contributed by atoms with Gasteiger partial charge in [0.05, 0.1) is 18.9 Å². The average molecular weight is 696 g/mol. The first kappa shape index (κ1) is 38.2. The number of anilines is 1. The Labute approximate surface area is 289 Å². The second kappa shape index (κ2) is 19.6. The van der Waals surface area contributed by atoms with Gasteiger partial charge in [0.25, 0.3) is 0 Å². The number of aliphatic hydroxyl groups is 2. The fraction of sp³-hybridized carbons (Fsp3) is 0.528. The molecule has 1 aliphatic rings. The highest BCUT2D eigenvalue weighted by molar-refractivity contribution is 7.48. The molecule has 1 fully saturated rings. The summed E-state index contributed by atoms with van der Waals surface area (Å²) >= 11 is 0. The molecule has 1 saturated heterocycles. The molecule has 1 aliphatic heterocycles. The number of nitrogen functional groups attached to an aromatic ring is 1. The zero-order chi connectivity index (χ0) is 35.0. The van der Waals surface area contributed by atoms with E-state index in [4.69, 9.17) is 24.0 Å². The molecule has 4 rings (SSSR count). The molecule has 4 N–H and O–H groups in total. The van der Waals surface area contributed by atoms with Gasteiger partial charge in [-0.05, 0) is 62.8 Å². The Morgan fingerprint density at radius 1 is 0.980 bits per heavy atom. The highest BCUT2D eigenvalue weighted by Gasteiger charge is 2.58. The van der Waals surface area contributed by atoms with Crippen molar-refractivity contribution < 1.29 is 33.1 Å². The minimum Gasteiger partial charge on any atom is -0.404 e. The maximum atomic E-state index is 13.8. The van der Waals surface area contributed by atoms with Crippen LogP contribution in [0.15, 0.2) is 73.1 Å². The summed E-state index contributed by atoms with van der Waals surface area (Å²) < 4.78 is 38.1. The van der Waals surface area contributed by atoms with E-state index in [2.05, 4.69) is 41.3 Å². The molecule has 266 valence electrons. The lowest BCUT2D eigenvalue weighted by atomic mass is 9.92. The lowest BCUT2D eigenvalue weighted by Crippen LogP contribution is -2.41. The van der Waals surface area contributed by atoms with Crippen molar-refractivity contribution in [3.63, 3.8) is 0 Å². The Morgan fingerprint density at radius 3 is 2.39 bits per heavy atom. The van der Waals surface area contributed by atoms with Crippen molar-refractivity contribution in [1.82, 2.24) is 14.6 Å². The zero-order valence-corrected chi connectivity index (χ0v) is 29.2. The van der Waals surface area contributed by atoms with E-state index >= 15 is 0 Å². The maximum Gasteiger partial charge on any atom is 0.530 e. The highest BCUT2D eigenvalue weighted by Crippen LogP contribution is 2.51. The monoisotopic (exact) mass is 695 g/mol. The van der Waals surface area contributed by atoms with Gasteiger partial charge in [-0.3, -0.25) is 9.05 Å². The lowest BCUT2D eigenvalue weighted by molar-refractivity contribution is -0.0640. The van der Waals surface area contributed by atoms with Crippen LogP contribution in [0.25, 0.3) is 5.52 Å². The van der Waals surface area contributed by atoms with E-state index in [0.29, 0.717) is 11.9 Å². The predicted octanol–water partition coefficient (Wildman–Crippen LogP) is 7.18. The summed E-state index contributed by atoms with van der Waals surface area (Å²) in [5.74, 6) is 0.442. The molecule has 0 saturated carbocycles. The minimum absolute atomic E-state index is 0.134. The van der Waals surface area contributed by atoms with E-state index in [-0.39, 0.29) is 23.9 Å². The van der Waals surface area contributed by atoms with Crippen LogP contribution in [0, 0.1) is 11.3 Å². The predicted molar refractivity (Wildman–Crippen MR) is 188 cm³/mol. The third kappa shape index (κ3) is 10.7. The fourth-order valence-corrected chi connectivity index (χ4v) is 6.92. The Hall–Kier alpha value is -3.56. The van der Waals surface area contributed by atoms with Gasteiger partial charge in [-0.1, -0.05) is 88.0 Å². The molecule has 12 nitrogen and oxygen atoms in total. The molecule has 1 aromatic carbocycles. The van der Waals surface area contributed by atoms with Gasteiger partial charge in [0.1, 0.15) is 42.0 Å². The third-order valence-corrected chi connectivity index (χ3v) is 9.84. The van der Waals surface area contributed by atoms with Crippen molar-refractivity contribution in [2.75, 3.05) is 18.9 Å². The zero-order valence-electron chi connectivity index (χ0n) is 28.3. The number of allylic oxidation sites excluding steroid dienone is 4. The second-order valence-corrected chi connectivity index (χ2v) is 13.8. The van der Waals surface area contributed by atoms with Crippen LogP contribution in [0.4, 0.5) is 5.82 Å². The molecule has 0 amide bonds. The number of nitriles is 1. The standard InChI is InChI=1S/C36H50N5O7P/c1-2-3-4-5-6-7-8-9-10-11-12-13-14-15-16-20-25-45-49(44,48-29-21-18-17-19-22-29)46-26-31-33(42)34(43)36(27-37,47-31)32-24-23-30-35(38)39-28-40-41(30)32/h6-7,9-10,17-19,21-24,28,31,33-34,42-43H,2-5,8,11-16,20,25-26H2,1H3,(H2,38,39,40)/b7-6-,10-9-/t31-,33-,34-,36+,49?/m1/s1. The number of ether oxygens (including phenoxy) is 1. The van der Waals surface area contributed by atoms with Crippen LogP contribution in [0.2, 0.25) is 0 Å². The highest BCUT2D eigenvalue weighted by atomic mass is 31.2. The molecule has 0 radical (unpaired) electrons. The maximum absolute atomic E-state index is 13.8. The lowest BCUT2D eigenvalue weighted by Gasteiger charge is -2.24. The summed E-state index contributed by atoms with van der Waals surface area (Å²) in [5.41, 5.74) is 4.45. The molecule has 0 aliphatic carbocycles. The number of benzene rings is 1. The molecule has 3 aromatic rings. The molecular formula is C36H50N5O7P. The second-order valence-electron chi connectivity index (χ2n) is 12.2. The van der Waals surface area contributed by atoms with E-state index in [1.165, 1.54) is 42.6 Å². The molecule has 3 heterocycles. The average Bonchev–Trinajstić information content (AvgIpc) is 3.65. The molecule has 2 aromatic heterocycles. The molecule has 13 heteroatoms. The van der Waals surface area contributed by atoms with E-state index in [0.717, 1.165) is 44.9 Å². The largest absolute Gasteiger partial charge is 0.530 e. The summed E-state index contributed by atoms with van der Waals surface area (Å²) in [6.07, 6.45) is 18.8. The van der Waals surface area contributed by atoms with E-state index in [1.54, 1.807) is 36.4 Å². The first-order valence-corrected chi connectivity index (χ1v) is 18.8. The Kier molecular flexibility index (Phi) is 15.3. The minimum atomic E-state index is -4.20. The first-order chi connectivity index (χ1) is 23.8. The van der Waals surface area contributed by atoms with Gasteiger partial charge in [0.2, 0.25) is 5.60 Å². The van der Waals surface area contributed by atoms with Crippen molar-refractivity contribution >= 4 is 19.2 Å². The number of nitrogens with zero attached hydrogens (tertiary/aromatic N) is 4. The number of aromatic nitrogens is 3. The van der Waals surface area contributed by atoms with Crippen LogP contribution in [-0.4, -0.2) is 56.3 Å². The molecule has 1 unspecified atom stereocenters. The Morgan fingerprint density at radius 2 is 1.67 bits per heavy atom. The number of rotatable bonds is 22. The summed E-state index contributed by atoms with van der Waals surface area (Å²) in [7, 11) is -4.20. The summed E-state index contributed by atoms with van der Waals surface area (Å²) in [4.78, 5) is 3.94. The van der Waals surface area contributed by atoms with Crippen LogP contribution in [-0.2, 0) is 24.0 Å². The number of fused-ring (bicyclic) bond motifs is 1. The Bertz CT molecular complexity index is 1580. The van der Waals surface area contributed by atoms with Crippen molar-refractivity contribution in [1.29, 1.82) is 5.26 Å². The molecular weight excluding hydrogens is 645 g/mol. The topological polar surface area (TPSA) is 174 Å². The molecule has 49 heavy (non-hydrogen) atoms. The number of hydrogen-bond acceptors (Lipinski definition) is 11. The molecule has 5 atom stereocenters. The number of unbranched alkanes of at least 4 members (excludes halogenated alkanes) is 9. The van der Waals surface area contributed by atoms with Crippen LogP contribution in [0.5, 0.6) is 5.75 Å². The van der Waals surface area contributed by atoms with E-state index in [1.807, 2.05) is 6.07 Å². The number of para-hydroxylation sites is 1. The van der Waals surface area contributed by atoms with Gasteiger partial charge in [-0.2, -0.15) is 10.4 Å². The summed E-state index contributed by atoms with van der Waals surface area (Å²) in [6.45, 7) is 1.87. The number of phosphoric ester groups is 1. The van der Waals surface area contributed by atoms with E-state index in [9.17, 15) is 20.0 Å². The van der Waals surface area contributed by atoms with Crippen molar-refractivity contribution in [3.05, 3.63) is 78.8 Å². The summed E-state index contributed by atoms with van der Waals surface area (Å²) in [6, 6.07) is 13.6. The van der Waals surface area contributed by atoms with Gasteiger partial charge >= 0.3 is 7.82 Å². The van der Waals surface area contributed by atoms with Gasteiger partial charge in [0.15, 0.2) is 5.82 Å².